The van der Waals surface area contributed by atoms with Crippen LogP contribution < -0.4 is 5.09 Å². The van der Waals surface area contributed by atoms with Crippen LogP contribution in [0, 0.1) is 0 Å². The molecule has 0 bridgehead atoms. The molecule has 1 aliphatic rings. The molecule has 2 nitrogen and oxygen atoms in total. The second-order valence-electron chi connectivity index (χ2n) is 4.12. The van der Waals surface area contributed by atoms with Crippen LogP contribution in [0.1, 0.15) is 33.6 Å². The summed E-state index contributed by atoms with van der Waals surface area (Å²) in [5, 5.41) is 3.46. The molecule has 1 N–H and O–H groups in total. The molecule has 1 fully saturated rings. The first-order chi connectivity index (χ1) is 5.08. The monoisotopic (exact) mass is 173 g/mol. The quantitative estimate of drug-likeness (QED) is 0.601. The van der Waals surface area contributed by atoms with Crippen molar-refractivity contribution in [1.82, 2.24) is 5.09 Å². The molecule has 1 saturated heterocycles. The number of hydrogen-bond donors (Lipinski definition) is 1. The lowest BCUT2D eigenvalue weighted by Crippen LogP contribution is -2.28. The standard InChI is InChI=1S/C8H17N2P/c1-8(2,3)9-11-10-6-4-5-7-10/h4-7H2,1-3H3/p+1. The van der Waals surface area contributed by atoms with Gasteiger partial charge in [0.05, 0.1) is 0 Å². The van der Waals surface area contributed by atoms with Crippen molar-refractivity contribution < 1.29 is 4.33 Å². The molecule has 1 rings (SSSR count). The molecule has 0 aromatic rings. The van der Waals surface area contributed by atoms with Gasteiger partial charge in [-0.25, -0.2) is 9.42 Å². The van der Waals surface area contributed by atoms with E-state index in [2.05, 4.69) is 30.2 Å². The summed E-state index contributed by atoms with van der Waals surface area (Å²) in [5.74, 6) is 0. The van der Waals surface area contributed by atoms with E-state index in [0.29, 0.717) is 0 Å². The van der Waals surface area contributed by atoms with E-state index in [-0.39, 0.29) is 5.54 Å². The number of nitrogens with one attached hydrogen (secondary N) is 1. The Morgan fingerprint density at radius 2 is 1.73 bits per heavy atom. The summed E-state index contributed by atoms with van der Waals surface area (Å²) in [7, 11) is 1.30. The van der Waals surface area contributed by atoms with Gasteiger partial charge in [0.15, 0.2) is 0 Å². The minimum Gasteiger partial charge on any atom is -0.210 e. The Hall–Kier alpha value is 0.0600. The smallest absolute Gasteiger partial charge is 0.210 e. The van der Waals surface area contributed by atoms with Gasteiger partial charge in [0.2, 0.25) is 0 Å². The number of nitrogens with zero attached hydrogens (tertiary/aromatic N) is 1. The fourth-order valence-electron chi connectivity index (χ4n) is 1.02. The molecule has 3 heteroatoms. The van der Waals surface area contributed by atoms with Crippen LogP contribution in [0.2, 0.25) is 0 Å². The third-order valence-electron chi connectivity index (χ3n) is 1.61. The van der Waals surface area contributed by atoms with Crippen molar-refractivity contribution in [2.75, 3.05) is 13.1 Å². The largest absolute Gasteiger partial charge is 0.305 e. The van der Waals surface area contributed by atoms with E-state index < -0.39 is 0 Å². The van der Waals surface area contributed by atoms with Crippen molar-refractivity contribution in [2.24, 2.45) is 0 Å². The Balaban J connectivity index is 2.34. The van der Waals surface area contributed by atoms with Crippen LogP contribution in [0.5, 0.6) is 0 Å². The lowest BCUT2D eigenvalue weighted by Gasteiger charge is -2.13. The van der Waals surface area contributed by atoms with Gasteiger partial charge in [-0.15, -0.1) is 0 Å². The van der Waals surface area contributed by atoms with E-state index >= 15 is 0 Å². The van der Waals surface area contributed by atoms with Gasteiger partial charge in [0, 0.05) is 18.4 Å². The van der Waals surface area contributed by atoms with Gasteiger partial charge in [-0.3, -0.25) is 0 Å². The van der Waals surface area contributed by atoms with E-state index in [9.17, 15) is 0 Å². The van der Waals surface area contributed by atoms with Crippen molar-refractivity contribution in [3.05, 3.63) is 0 Å². The van der Waals surface area contributed by atoms with Crippen molar-refractivity contribution in [2.45, 2.75) is 39.2 Å². The van der Waals surface area contributed by atoms with E-state index in [4.69, 9.17) is 0 Å². The minimum atomic E-state index is 0.254. The highest BCUT2D eigenvalue weighted by Gasteiger charge is 2.15. The molecule has 0 spiro atoms. The molecule has 0 saturated carbocycles. The molecular formula is C8H18N2P+. The zero-order valence-electron chi connectivity index (χ0n) is 7.72. The van der Waals surface area contributed by atoms with Crippen LogP contribution in [0.15, 0.2) is 0 Å². The lowest BCUT2D eigenvalue weighted by atomic mass is 10.1. The molecule has 0 aliphatic carbocycles. The van der Waals surface area contributed by atoms with Gasteiger partial charge in [-0.05, 0) is 20.8 Å². The predicted octanol–water partition coefficient (Wildman–Crippen LogP) is 2.23. The van der Waals surface area contributed by atoms with Gasteiger partial charge in [0.1, 0.15) is 13.1 Å². The maximum Gasteiger partial charge on any atom is 0.305 e. The Morgan fingerprint density at radius 1 is 1.18 bits per heavy atom. The van der Waals surface area contributed by atoms with E-state index in [1.807, 2.05) is 0 Å². The van der Waals surface area contributed by atoms with Gasteiger partial charge in [0.25, 0.3) is 0 Å². The Morgan fingerprint density at radius 3 is 2.18 bits per heavy atom. The summed E-state index contributed by atoms with van der Waals surface area (Å²) >= 11 is 0. The summed E-state index contributed by atoms with van der Waals surface area (Å²) < 4.78 is 2.45. The van der Waals surface area contributed by atoms with Crippen LogP contribution in [-0.2, 0) is 0 Å². The SMILES string of the molecule is CC(C)(C)NP=[N+]1CCCC1. The first kappa shape index (κ1) is 9.15. The van der Waals surface area contributed by atoms with Crippen molar-refractivity contribution in [1.29, 1.82) is 0 Å². The maximum absolute atomic E-state index is 3.46. The lowest BCUT2D eigenvalue weighted by molar-refractivity contribution is -0.481. The molecule has 0 atom stereocenters. The highest BCUT2D eigenvalue weighted by molar-refractivity contribution is 7.21. The van der Waals surface area contributed by atoms with Crippen LogP contribution in [-0.4, -0.2) is 23.0 Å². The Bertz CT molecular complexity index is 150. The fourth-order valence-corrected chi connectivity index (χ4v) is 1.95. The topological polar surface area (TPSA) is 15.0 Å². The number of rotatable bonds is 1. The van der Waals surface area contributed by atoms with Crippen molar-refractivity contribution >= 4 is 8.52 Å². The van der Waals surface area contributed by atoms with Crippen LogP contribution in [0.25, 0.3) is 0 Å². The molecule has 0 unspecified atom stereocenters. The first-order valence-electron chi connectivity index (χ1n) is 4.31. The second kappa shape index (κ2) is 3.64. The molecule has 1 aliphatic heterocycles. The number of hydrogen-bond acceptors (Lipinski definition) is 0. The van der Waals surface area contributed by atoms with Crippen LogP contribution in [0.3, 0.4) is 0 Å². The van der Waals surface area contributed by atoms with Gasteiger partial charge in [-0.2, -0.15) is 0 Å². The zero-order chi connectivity index (χ0) is 8.32. The molecular weight excluding hydrogens is 155 g/mol. The first-order valence-corrected chi connectivity index (χ1v) is 5.15. The maximum atomic E-state index is 3.46. The van der Waals surface area contributed by atoms with Gasteiger partial charge >= 0.3 is 8.52 Å². The van der Waals surface area contributed by atoms with Gasteiger partial charge < -0.3 is 0 Å². The third kappa shape index (κ3) is 3.83. The Labute approximate surface area is 70.9 Å². The average molecular weight is 173 g/mol. The highest BCUT2D eigenvalue weighted by Crippen LogP contribution is 2.11. The van der Waals surface area contributed by atoms with E-state index in [1.54, 1.807) is 0 Å². The summed E-state index contributed by atoms with van der Waals surface area (Å²) in [4.78, 5) is 0. The second-order valence-corrected chi connectivity index (χ2v) is 5.11. The summed E-state index contributed by atoms with van der Waals surface area (Å²) in [6.07, 6.45) is 2.75. The van der Waals surface area contributed by atoms with Crippen LogP contribution >= 0.6 is 8.52 Å². The molecule has 0 amide bonds. The Kier molecular flexibility index (Phi) is 3.03. The average Bonchev–Trinajstić information content (AvgIpc) is 2.32. The predicted molar refractivity (Wildman–Crippen MR) is 49.0 cm³/mol. The van der Waals surface area contributed by atoms with Crippen molar-refractivity contribution in [3.63, 3.8) is 0 Å². The molecule has 0 aromatic heterocycles. The molecule has 0 radical (unpaired) electrons. The van der Waals surface area contributed by atoms with Gasteiger partial charge in [-0.1, -0.05) is 0 Å². The third-order valence-corrected chi connectivity index (χ3v) is 3.06. The minimum absolute atomic E-state index is 0.254. The highest BCUT2D eigenvalue weighted by atomic mass is 31.1. The fraction of sp³-hybridized carbons (Fsp3) is 1.00. The van der Waals surface area contributed by atoms with Crippen molar-refractivity contribution in [3.8, 4) is 0 Å². The molecule has 1 heterocycles. The van der Waals surface area contributed by atoms with E-state index in [0.717, 1.165) is 0 Å². The summed E-state index contributed by atoms with van der Waals surface area (Å²) in [6.45, 7) is 9.15. The van der Waals surface area contributed by atoms with Crippen LogP contribution in [0.4, 0.5) is 0 Å². The normalized spacial score (nSPS) is 19.7. The zero-order valence-corrected chi connectivity index (χ0v) is 8.62. The summed E-state index contributed by atoms with van der Waals surface area (Å²) in [6, 6.07) is 0. The van der Waals surface area contributed by atoms with E-state index in [1.165, 1.54) is 34.5 Å². The molecule has 11 heavy (non-hydrogen) atoms. The molecule has 64 valence electrons. The molecule has 0 aromatic carbocycles. The summed E-state index contributed by atoms with van der Waals surface area (Å²) in [5.41, 5.74) is 0.254.